The van der Waals surface area contributed by atoms with Crippen molar-refractivity contribution in [3.8, 4) is 0 Å². The summed E-state index contributed by atoms with van der Waals surface area (Å²) in [5, 5.41) is 3.34. The van der Waals surface area contributed by atoms with Crippen LogP contribution in [0.3, 0.4) is 0 Å². The molecule has 4 rings (SSSR count). The molecule has 24 heavy (non-hydrogen) atoms. The van der Waals surface area contributed by atoms with E-state index in [2.05, 4.69) is 55.4 Å². The van der Waals surface area contributed by atoms with Crippen LogP contribution < -0.4 is 10.2 Å². The number of aryl methyl sites for hydroxylation is 1. The van der Waals surface area contributed by atoms with Crippen LogP contribution in [0.25, 0.3) is 0 Å². The van der Waals surface area contributed by atoms with Crippen molar-refractivity contribution in [2.45, 2.75) is 12.8 Å². The highest BCUT2D eigenvalue weighted by Gasteiger charge is 2.19. The molecule has 4 nitrogen and oxygen atoms in total. The minimum atomic E-state index is 0.740. The van der Waals surface area contributed by atoms with Gasteiger partial charge in [0.1, 0.15) is 5.82 Å². The van der Waals surface area contributed by atoms with Crippen molar-refractivity contribution >= 4 is 39.1 Å². The first-order valence-corrected chi connectivity index (χ1v) is 8.80. The molecule has 2 aromatic carbocycles. The highest BCUT2D eigenvalue weighted by atomic mass is 79.9. The Balaban J connectivity index is 1.62. The Morgan fingerprint density at radius 1 is 1.00 bits per heavy atom. The summed E-state index contributed by atoms with van der Waals surface area (Å²) in [4.78, 5) is 11.4. The lowest BCUT2D eigenvalue weighted by Crippen LogP contribution is -2.26. The molecule has 1 aliphatic rings. The second-order valence-electron chi connectivity index (χ2n) is 5.76. The Hall–Kier alpha value is -2.40. The first-order chi connectivity index (χ1) is 11.8. The van der Waals surface area contributed by atoms with E-state index < -0.39 is 0 Å². The van der Waals surface area contributed by atoms with Crippen molar-refractivity contribution < 1.29 is 0 Å². The van der Waals surface area contributed by atoms with E-state index in [0.29, 0.717) is 0 Å². The van der Waals surface area contributed by atoms with Gasteiger partial charge in [-0.05, 0) is 54.8 Å². The van der Waals surface area contributed by atoms with Crippen LogP contribution in [0.4, 0.5) is 23.1 Å². The summed E-state index contributed by atoms with van der Waals surface area (Å²) in [6.07, 6.45) is 4.04. The SMILES string of the molecule is Brc1ccc(Nc2ccnc(N3CCCc4ccccc43)n2)cc1. The maximum atomic E-state index is 4.70. The van der Waals surface area contributed by atoms with Gasteiger partial charge in [0, 0.05) is 28.6 Å². The van der Waals surface area contributed by atoms with E-state index in [0.717, 1.165) is 41.3 Å². The molecule has 1 aliphatic heterocycles. The number of hydrogen-bond donors (Lipinski definition) is 1. The fourth-order valence-electron chi connectivity index (χ4n) is 2.97. The first-order valence-electron chi connectivity index (χ1n) is 8.01. The molecule has 0 saturated heterocycles. The van der Waals surface area contributed by atoms with Gasteiger partial charge in [0.15, 0.2) is 0 Å². The van der Waals surface area contributed by atoms with E-state index in [1.807, 2.05) is 30.3 Å². The second-order valence-corrected chi connectivity index (χ2v) is 6.67. The van der Waals surface area contributed by atoms with Crippen LogP contribution in [0.5, 0.6) is 0 Å². The molecular formula is C19H17BrN4. The van der Waals surface area contributed by atoms with Crippen LogP contribution in [0, 0.1) is 0 Å². The number of nitrogens with zero attached hydrogens (tertiary/aromatic N) is 3. The predicted molar refractivity (Wildman–Crippen MR) is 101 cm³/mol. The number of benzene rings is 2. The van der Waals surface area contributed by atoms with Crippen LogP contribution in [0.1, 0.15) is 12.0 Å². The zero-order chi connectivity index (χ0) is 16.4. The van der Waals surface area contributed by atoms with Crippen molar-refractivity contribution in [2.24, 2.45) is 0 Å². The fraction of sp³-hybridized carbons (Fsp3) is 0.158. The number of para-hydroxylation sites is 1. The van der Waals surface area contributed by atoms with Gasteiger partial charge in [-0.15, -0.1) is 0 Å². The van der Waals surface area contributed by atoms with Crippen molar-refractivity contribution in [2.75, 3.05) is 16.8 Å². The first kappa shape index (κ1) is 15.1. The summed E-state index contributed by atoms with van der Waals surface area (Å²) in [6, 6.07) is 18.4. The molecule has 0 radical (unpaired) electrons. The minimum Gasteiger partial charge on any atom is -0.340 e. The smallest absolute Gasteiger partial charge is 0.231 e. The third kappa shape index (κ3) is 3.12. The molecule has 0 unspecified atom stereocenters. The topological polar surface area (TPSA) is 41.1 Å². The zero-order valence-electron chi connectivity index (χ0n) is 13.1. The number of aromatic nitrogens is 2. The third-order valence-electron chi connectivity index (χ3n) is 4.11. The molecule has 1 aromatic heterocycles. The molecule has 0 aliphatic carbocycles. The van der Waals surface area contributed by atoms with Gasteiger partial charge >= 0.3 is 0 Å². The average Bonchev–Trinajstić information content (AvgIpc) is 2.63. The highest BCUT2D eigenvalue weighted by Crippen LogP contribution is 2.31. The van der Waals surface area contributed by atoms with E-state index in [4.69, 9.17) is 4.98 Å². The molecule has 0 saturated carbocycles. The summed E-state index contributed by atoms with van der Waals surface area (Å²) in [7, 11) is 0. The molecule has 5 heteroatoms. The van der Waals surface area contributed by atoms with Crippen LogP contribution >= 0.6 is 15.9 Å². The number of hydrogen-bond acceptors (Lipinski definition) is 4. The van der Waals surface area contributed by atoms with Gasteiger partial charge < -0.3 is 10.2 Å². The quantitative estimate of drug-likeness (QED) is 0.688. The monoisotopic (exact) mass is 380 g/mol. The van der Waals surface area contributed by atoms with Gasteiger partial charge in [-0.2, -0.15) is 4.98 Å². The van der Waals surface area contributed by atoms with E-state index >= 15 is 0 Å². The Morgan fingerprint density at radius 2 is 1.83 bits per heavy atom. The third-order valence-corrected chi connectivity index (χ3v) is 4.64. The maximum Gasteiger partial charge on any atom is 0.231 e. The summed E-state index contributed by atoms with van der Waals surface area (Å²) >= 11 is 3.45. The zero-order valence-corrected chi connectivity index (χ0v) is 14.7. The summed E-state index contributed by atoms with van der Waals surface area (Å²) in [5.41, 5.74) is 3.57. The van der Waals surface area contributed by atoms with E-state index in [1.165, 1.54) is 11.3 Å². The number of fused-ring (bicyclic) bond motifs is 1. The van der Waals surface area contributed by atoms with Crippen LogP contribution in [-0.4, -0.2) is 16.5 Å². The van der Waals surface area contributed by atoms with E-state index in [9.17, 15) is 0 Å². The Kier molecular flexibility index (Phi) is 4.17. The lowest BCUT2D eigenvalue weighted by Gasteiger charge is -2.29. The second kappa shape index (κ2) is 6.61. The molecule has 1 N–H and O–H groups in total. The molecule has 2 heterocycles. The van der Waals surface area contributed by atoms with Crippen molar-refractivity contribution in [3.63, 3.8) is 0 Å². The number of halogens is 1. The van der Waals surface area contributed by atoms with Crippen LogP contribution in [0.2, 0.25) is 0 Å². The van der Waals surface area contributed by atoms with Gasteiger partial charge in [-0.1, -0.05) is 34.1 Å². The number of anilines is 4. The summed E-state index contributed by atoms with van der Waals surface area (Å²) < 4.78 is 1.06. The Bertz CT molecular complexity index is 848. The standard InChI is InChI=1S/C19H17BrN4/c20-15-7-9-16(10-8-15)22-18-11-12-21-19(23-18)24-13-3-5-14-4-1-2-6-17(14)24/h1-2,4,6-12H,3,5,13H2,(H,21,22,23). The highest BCUT2D eigenvalue weighted by molar-refractivity contribution is 9.10. The number of rotatable bonds is 3. The van der Waals surface area contributed by atoms with Crippen molar-refractivity contribution in [1.82, 2.24) is 9.97 Å². The molecular weight excluding hydrogens is 364 g/mol. The Morgan fingerprint density at radius 3 is 2.71 bits per heavy atom. The molecule has 0 amide bonds. The average molecular weight is 381 g/mol. The van der Waals surface area contributed by atoms with E-state index in [-0.39, 0.29) is 0 Å². The van der Waals surface area contributed by atoms with Gasteiger partial charge in [0.2, 0.25) is 5.95 Å². The van der Waals surface area contributed by atoms with E-state index in [1.54, 1.807) is 6.20 Å². The fourth-order valence-corrected chi connectivity index (χ4v) is 3.23. The van der Waals surface area contributed by atoms with Gasteiger partial charge in [-0.25, -0.2) is 4.98 Å². The summed E-state index contributed by atoms with van der Waals surface area (Å²) in [5.74, 6) is 1.54. The predicted octanol–water partition coefficient (Wildman–Crippen LogP) is 5.07. The molecule has 120 valence electrons. The molecule has 0 spiro atoms. The molecule has 0 fully saturated rings. The van der Waals surface area contributed by atoms with Gasteiger partial charge in [0.05, 0.1) is 0 Å². The lowest BCUT2D eigenvalue weighted by atomic mass is 10.0. The minimum absolute atomic E-state index is 0.740. The van der Waals surface area contributed by atoms with Crippen molar-refractivity contribution in [3.05, 3.63) is 70.8 Å². The molecule has 0 bridgehead atoms. The normalized spacial score (nSPS) is 13.5. The van der Waals surface area contributed by atoms with Gasteiger partial charge in [-0.3, -0.25) is 0 Å². The largest absolute Gasteiger partial charge is 0.340 e. The van der Waals surface area contributed by atoms with Gasteiger partial charge in [0.25, 0.3) is 0 Å². The Labute approximate surface area is 149 Å². The van der Waals surface area contributed by atoms with Crippen LogP contribution in [-0.2, 0) is 6.42 Å². The van der Waals surface area contributed by atoms with Crippen LogP contribution in [0.15, 0.2) is 65.3 Å². The number of nitrogens with one attached hydrogen (secondary N) is 1. The maximum absolute atomic E-state index is 4.70. The van der Waals surface area contributed by atoms with Crippen molar-refractivity contribution in [1.29, 1.82) is 0 Å². The lowest BCUT2D eigenvalue weighted by molar-refractivity contribution is 0.751. The molecule has 3 aromatic rings. The summed E-state index contributed by atoms with van der Waals surface area (Å²) in [6.45, 7) is 0.943. The molecule has 0 atom stereocenters.